The molecule has 2 aromatic rings. The zero-order valence-electron chi connectivity index (χ0n) is 14.0. The molecule has 1 atom stereocenters. The van der Waals surface area contributed by atoms with Crippen LogP contribution in [0.25, 0.3) is 10.8 Å². The number of fused-ring (bicyclic) bond motifs is 1. The number of Topliss-reactive ketones (excluding diaryl/α,β-unsaturated/α-hetero) is 1. The lowest BCUT2D eigenvalue weighted by atomic mass is 9.90. The van der Waals surface area contributed by atoms with E-state index in [9.17, 15) is 9.59 Å². The lowest BCUT2D eigenvalue weighted by Crippen LogP contribution is -2.12. The maximum absolute atomic E-state index is 12.1. The van der Waals surface area contributed by atoms with E-state index in [0.717, 1.165) is 35.5 Å². The van der Waals surface area contributed by atoms with Crippen LogP contribution in [0.2, 0.25) is 0 Å². The summed E-state index contributed by atoms with van der Waals surface area (Å²) in [5.41, 5.74) is 7.33. The van der Waals surface area contributed by atoms with Gasteiger partial charge in [-0.15, -0.1) is 0 Å². The molecule has 25 heavy (non-hydrogen) atoms. The van der Waals surface area contributed by atoms with Crippen molar-refractivity contribution in [3.8, 4) is 0 Å². The fraction of sp³-hybridized carbons (Fsp3) is 0.200. The van der Waals surface area contributed by atoms with Crippen LogP contribution in [0.15, 0.2) is 58.2 Å². The lowest BCUT2D eigenvalue weighted by Gasteiger charge is -2.16. The van der Waals surface area contributed by atoms with Crippen LogP contribution in [0.5, 0.6) is 0 Å². The molecule has 5 nitrogen and oxygen atoms in total. The Balaban J connectivity index is 1.94. The second-order valence-electron chi connectivity index (χ2n) is 6.06. The number of carbonyl (C=O) groups is 2. The number of nitrogens with zero attached hydrogens (tertiary/aromatic N) is 2. The Hall–Kier alpha value is -3.08. The maximum Gasteiger partial charge on any atom is 0.278 e. The molecule has 1 amide bonds. The SMILES string of the molecule is CC(=O)C1=CCC(Cc2cc(C(=O)N=CN)cc3ccccc23)C=N1. The van der Waals surface area contributed by atoms with Gasteiger partial charge in [0.05, 0.1) is 6.34 Å². The molecule has 2 N–H and O–H groups in total. The van der Waals surface area contributed by atoms with Crippen molar-refractivity contribution in [3.05, 3.63) is 59.3 Å². The number of hydrogen-bond acceptors (Lipinski definition) is 3. The highest BCUT2D eigenvalue weighted by atomic mass is 16.1. The third-order valence-corrected chi connectivity index (χ3v) is 4.27. The molecule has 5 heteroatoms. The summed E-state index contributed by atoms with van der Waals surface area (Å²) in [6.07, 6.45) is 6.21. The molecule has 126 valence electrons. The van der Waals surface area contributed by atoms with Crippen molar-refractivity contribution in [2.45, 2.75) is 19.8 Å². The van der Waals surface area contributed by atoms with Gasteiger partial charge in [-0.25, -0.2) is 0 Å². The number of carbonyl (C=O) groups excluding carboxylic acids is 2. The van der Waals surface area contributed by atoms with E-state index in [-0.39, 0.29) is 17.6 Å². The molecule has 0 radical (unpaired) electrons. The van der Waals surface area contributed by atoms with Gasteiger partial charge in [0.2, 0.25) is 0 Å². The van der Waals surface area contributed by atoms with E-state index in [2.05, 4.69) is 9.98 Å². The highest BCUT2D eigenvalue weighted by molar-refractivity contribution is 6.02. The Morgan fingerprint density at radius 3 is 2.80 bits per heavy atom. The predicted octanol–water partition coefficient (Wildman–Crippen LogP) is 3.07. The fourth-order valence-corrected chi connectivity index (χ4v) is 3.04. The van der Waals surface area contributed by atoms with Crippen LogP contribution >= 0.6 is 0 Å². The number of benzene rings is 2. The van der Waals surface area contributed by atoms with E-state index in [1.807, 2.05) is 48.7 Å². The highest BCUT2D eigenvalue weighted by Gasteiger charge is 2.16. The molecule has 0 saturated heterocycles. The molecule has 0 saturated carbocycles. The van der Waals surface area contributed by atoms with E-state index >= 15 is 0 Å². The molecule has 1 aliphatic rings. The van der Waals surface area contributed by atoms with Gasteiger partial charge in [0.15, 0.2) is 5.78 Å². The Kier molecular flexibility index (Phi) is 4.84. The summed E-state index contributed by atoms with van der Waals surface area (Å²) in [4.78, 5) is 31.4. The van der Waals surface area contributed by atoms with Gasteiger partial charge in [0.25, 0.3) is 5.91 Å². The van der Waals surface area contributed by atoms with Gasteiger partial charge in [-0.1, -0.05) is 30.3 Å². The first-order valence-corrected chi connectivity index (χ1v) is 8.14. The van der Waals surface area contributed by atoms with Gasteiger partial charge in [-0.05, 0) is 41.3 Å². The van der Waals surface area contributed by atoms with Crippen LogP contribution in [-0.4, -0.2) is 24.2 Å². The van der Waals surface area contributed by atoms with E-state index in [4.69, 9.17) is 5.73 Å². The third kappa shape index (κ3) is 3.71. The van der Waals surface area contributed by atoms with Crippen LogP contribution in [0.3, 0.4) is 0 Å². The summed E-state index contributed by atoms with van der Waals surface area (Å²) in [6.45, 7) is 1.52. The molecule has 0 fully saturated rings. The third-order valence-electron chi connectivity index (χ3n) is 4.27. The number of hydrogen-bond donors (Lipinski definition) is 1. The average Bonchev–Trinajstić information content (AvgIpc) is 2.62. The topological polar surface area (TPSA) is 84.9 Å². The van der Waals surface area contributed by atoms with Crippen LogP contribution in [0.4, 0.5) is 0 Å². The van der Waals surface area contributed by atoms with Crippen molar-refractivity contribution < 1.29 is 9.59 Å². The molecule has 1 aliphatic heterocycles. The van der Waals surface area contributed by atoms with Gasteiger partial charge in [0.1, 0.15) is 5.70 Å². The lowest BCUT2D eigenvalue weighted by molar-refractivity contribution is -0.113. The monoisotopic (exact) mass is 333 g/mol. The smallest absolute Gasteiger partial charge is 0.278 e. The second-order valence-corrected chi connectivity index (χ2v) is 6.06. The van der Waals surface area contributed by atoms with Crippen LogP contribution < -0.4 is 5.73 Å². The predicted molar refractivity (Wildman–Crippen MR) is 100 cm³/mol. The highest BCUT2D eigenvalue weighted by Crippen LogP contribution is 2.26. The minimum absolute atomic E-state index is 0.0209. The van der Waals surface area contributed by atoms with Gasteiger partial charge in [0, 0.05) is 24.6 Å². The van der Waals surface area contributed by atoms with Gasteiger partial charge >= 0.3 is 0 Å². The van der Waals surface area contributed by atoms with E-state index in [1.54, 1.807) is 0 Å². The molecule has 0 bridgehead atoms. The van der Waals surface area contributed by atoms with Crippen molar-refractivity contribution in [1.82, 2.24) is 0 Å². The number of ketones is 1. The number of allylic oxidation sites excluding steroid dienone is 2. The van der Waals surface area contributed by atoms with Crippen molar-refractivity contribution in [2.75, 3.05) is 0 Å². The Bertz CT molecular complexity index is 926. The average molecular weight is 333 g/mol. The van der Waals surface area contributed by atoms with Crippen LogP contribution in [0.1, 0.15) is 29.3 Å². The number of rotatable bonds is 4. The molecule has 0 aromatic heterocycles. The summed E-state index contributed by atoms with van der Waals surface area (Å²) in [7, 11) is 0. The summed E-state index contributed by atoms with van der Waals surface area (Å²) in [6, 6.07) is 11.6. The van der Waals surface area contributed by atoms with Crippen LogP contribution in [-0.2, 0) is 11.2 Å². The standard InChI is InChI=1S/C20H19N3O2/c1-13(24)19-7-6-14(11-22-19)8-16-10-17(20(25)23-12-21)9-15-4-2-3-5-18(15)16/h2-5,7,9-12,14H,6,8H2,1H3,(H2,21,23,25). The van der Waals surface area contributed by atoms with Crippen molar-refractivity contribution >= 4 is 35.0 Å². The zero-order valence-corrected chi connectivity index (χ0v) is 14.0. The summed E-state index contributed by atoms with van der Waals surface area (Å²) >= 11 is 0. The molecular formula is C20H19N3O2. The van der Waals surface area contributed by atoms with E-state index < -0.39 is 0 Å². The number of nitrogens with two attached hydrogens (primary N) is 1. The number of amides is 1. The minimum atomic E-state index is -0.356. The van der Waals surface area contributed by atoms with Gasteiger partial charge in [-0.2, -0.15) is 4.99 Å². The molecule has 1 unspecified atom stereocenters. The number of aliphatic imine (C=N–C) groups is 2. The van der Waals surface area contributed by atoms with Crippen molar-refractivity contribution in [2.24, 2.45) is 21.6 Å². The first-order chi connectivity index (χ1) is 12.1. The first kappa shape index (κ1) is 16.8. The molecule has 1 heterocycles. The maximum atomic E-state index is 12.1. The summed E-state index contributed by atoms with van der Waals surface area (Å²) in [5, 5.41) is 2.09. The molecule has 2 aromatic carbocycles. The largest absolute Gasteiger partial charge is 0.390 e. The molecule has 0 spiro atoms. The van der Waals surface area contributed by atoms with Crippen molar-refractivity contribution in [1.29, 1.82) is 0 Å². The molecular weight excluding hydrogens is 314 g/mol. The van der Waals surface area contributed by atoms with Gasteiger partial charge < -0.3 is 5.73 Å². The Labute approximate surface area is 146 Å². The van der Waals surface area contributed by atoms with Crippen LogP contribution in [0, 0.1) is 5.92 Å². The normalized spacial score (nSPS) is 17.0. The van der Waals surface area contributed by atoms with Crippen molar-refractivity contribution in [3.63, 3.8) is 0 Å². The van der Waals surface area contributed by atoms with Gasteiger partial charge in [-0.3, -0.25) is 14.6 Å². The van der Waals surface area contributed by atoms with E-state index in [1.165, 1.54) is 6.92 Å². The minimum Gasteiger partial charge on any atom is -0.390 e. The summed E-state index contributed by atoms with van der Waals surface area (Å²) in [5.74, 6) is -0.187. The fourth-order valence-electron chi connectivity index (χ4n) is 3.04. The summed E-state index contributed by atoms with van der Waals surface area (Å²) < 4.78 is 0. The first-order valence-electron chi connectivity index (χ1n) is 8.14. The second kappa shape index (κ2) is 7.21. The Morgan fingerprint density at radius 1 is 1.32 bits per heavy atom. The molecule has 3 rings (SSSR count). The Morgan fingerprint density at radius 2 is 2.12 bits per heavy atom. The zero-order chi connectivity index (χ0) is 17.8. The molecule has 0 aliphatic carbocycles. The quantitative estimate of drug-likeness (QED) is 0.689. The van der Waals surface area contributed by atoms with E-state index in [0.29, 0.717) is 11.3 Å².